The topological polar surface area (TPSA) is 64.9 Å². The van der Waals surface area contributed by atoms with Crippen LogP contribution in [0.25, 0.3) is 0 Å². The van der Waals surface area contributed by atoms with Crippen molar-refractivity contribution in [2.75, 3.05) is 12.4 Å². The van der Waals surface area contributed by atoms with Crippen LogP contribution >= 0.6 is 0 Å². The fourth-order valence-corrected chi connectivity index (χ4v) is 1.04. The van der Waals surface area contributed by atoms with Gasteiger partial charge in [0.25, 0.3) is 0 Å². The van der Waals surface area contributed by atoms with Crippen LogP contribution in [0.3, 0.4) is 0 Å². The van der Waals surface area contributed by atoms with E-state index in [1.165, 1.54) is 0 Å². The summed E-state index contributed by atoms with van der Waals surface area (Å²) in [5.74, 6) is 0. The summed E-state index contributed by atoms with van der Waals surface area (Å²) in [5, 5.41) is 13.6. The Bertz CT molecular complexity index is 368. The zero-order valence-electron chi connectivity index (χ0n) is 7.87. The van der Waals surface area contributed by atoms with Gasteiger partial charge in [-0.1, -0.05) is 12.1 Å². The van der Waals surface area contributed by atoms with Crippen molar-refractivity contribution in [2.45, 2.75) is 6.42 Å². The summed E-state index contributed by atoms with van der Waals surface area (Å²) in [6.45, 7) is 0. The molecule has 1 rings (SSSR count). The highest BCUT2D eigenvalue weighted by Gasteiger charge is 1.98. The summed E-state index contributed by atoms with van der Waals surface area (Å²) in [4.78, 5) is 11.0. The lowest BCUT2D eigenvalue weighted by Gasteiger charge is -2.04. The Morgan fingerprint density at radius 2 is 2.36 bits per heavy atom. The lowest BCUT2D eigenvalue weighted by atomic mass is 10.1. The summed E-state index contributed by atoms with van der Waals surface area (Å²) < 4.78 is 0. The number of urea groups is 1. The van der Waals surface area contributed by atoms with Gasteiger partial charge < -0.3 is 10.6 Å². The number of hydrogen-bond acceptors (Lipinski definition) is 2. The van der Waals surface area contributed by atoms with Crippen LogP contribution in [0.4, 0.5) is 10.5 Å². The second kappa shape index (κ2) is 4.87. The minimum atomic E-state index is -0.265. The molecule has 4 heteroatoms. The third-order valence-corrected chi connectivity index (χ3v) is 1.70. The third kappa shape index (κ3) is 2.79. The minimum absolute atomic E-state index is 0.265. The van der Waals surface area contributed by atoms with E-state index in [4.69, 9.17) is 5.26 Å². The number of hydrogen-bond donors (Lipinski definition) is 2. The number of rotatable bonds is 2. The molecule has 1 aromatic carbocycles. The molecule has 2 amide bonds. The maximum absolute atomic E-state index is 11.0. The summed E-state index contributed by atoms with van der Waals surface area (Å²) in [5.41, 5.74) is 1.58. The van der Waals surface area contributed by atoms with Crippen LogP contribution in [0, 0.1) is 11.3 Å². The van der Waals surface area contributed by atoms with Gasteiger partial charge in [-0.15, -0.1) is 0 Å². The molecule has 0 aliphatic rings. The van der Waals surface area contributed by atoms with Gasteiger partial charge >= 0.3 is 6.03 Å². The molecule has 0 bridgehead atoms. The van der Waals surface area contributed by atoms with Crippen molar-refractivity contribution in [3.8, 4) is 6.07 Å². The second-order valence-corrected chi connectivity index (χ2v) is 2.74. The number of nitrogens with zero attached hydrogens (tertiary/aromatic N) is 1. The van der Waals surface area contributed by atoms with Crippen molar-refractivity contribution in [1.29, 1.82) is 5.26 Å². The average molecular weight is 189 g/mol. The number of amides is 2. The number of carbonyl (C=O) groups excluding carboxylic acids is 1. The first-order valence-corrected chi connectivity index (χ1v) is 4.21. The first-order valence-electron chi connectivity index (χ1n) is 4.21. The van der Waals surface area contributed by atoms with Crippen molar-refractivity contribution in [2.24, 2.45) is 0 Å². The molecule has 0 radical (unpaired) electrons. The van der Waals surface area contributed by atoms with Gasteiger partial charge in [0.05, 0.1) is 12.5 Å². The molecule has 0 atom stereocenters. The molecule has 72 valence electrons. The van der Waals surface area contributed by atoms with Crippen molar-refractivity contribution in [3.63, 3.8) is 0 Å². The minimum Gasteiger partial charge on any atom is -0.341 e. The van der Waals surface area contributed by atoms with E-state index in [0.29, 0.717) is 12.1 Å². The summed E-state index contributed by atoms with van der Waals surface area (Å²) >= 11 is 0. The molecule has 14 heavy (non-hydrogen) atoms. The van der Waals surface area contributed by atoms with Crippen LogP contribution in [-0.4, -0.2) is 13.1 Å². The molecule has 2 N–H and O–H groups in total. The van der Waals surface area contributed by atoms with Crippen LogP contribution < -0.4 is 10.6 Å². The monoisotopic (exact) mass is 189 g/mol. The number of anilines is 1. The third-order valence-electron chi connectivity index (χ3n) is 1.70. The van der Waals surface area contributed by atoms with Gasteiger partial charge in [-0.3, -0.25) is 0 Å². The largest absolute Gasteiger partial charge is 0.341 e. The zero-order valence-corrected chi connectivity index (χ0v) is 7.87. The Labute approximate surface area is 82.5 Å². The summed E-state index contributed by atoms with van der Waals surface area (Å²) in [6, 6.07) is 8.98. The number of nitrogens with one attached hydrogen (secondary N) is 2. The van der Waals surface area contributed by atoms with Gasteiger partial charge in [0.15, 0.2) is 0 Å². The Balaban J connectivity index is 2.74. The molecule has 0 saturated carbocycles. The molecule has 0 saturated heterocycles. The molecule has 0 fully saturated rings. The van der Waals surface area contributed by atoms with Gasteiger partial charge in [0.2, 0.25) is 0 Å². The maximum Gasteiger partial charge on any atom is 0.318 e. The van der Waals surface area contributed by atoms with Gasteiger partial charge in [-0.2, -0.15) is 5.26 Å². The molecule has 0 aliphatic carbocycles. The molecule has 1 aromatic rings. The quantitative estimate of drug-likeness (QED) is 0.740. The fourth-order valence-electron chi connectivity index (χ4n) is 1.04. The van der Waals surface area contributed by atoms with Crippen molar-refractivity contribution in [3.05, 3.63) is 29.8 Å². The number of benzene rings is 1. The standard InChI is InChI=1S/C10H11N3O/c1-12-10(14)13-9-4-2-3-8(7-9)5-6-11/h2-4,7H,5H2,1H3,(H2,12,13,14). The first kappa shape index (κ1) is 10.1. The van der Waals surface area contributed by atoms with E-state index in [9.17, 15) is 4.79 Å². The summed E-state index contributed by atoms with van der Waals surface area (Å²) in [7, 11) is 1.55. The van der Waals surface area contributed by atoms with E-state index >= 15 is 0 Å². The maximum atomic E-state index is 11.0. The Kier molecular flexibility index (Phi) is 3.50. The lowest BCUT2D eigenvalue weighted by Crippen LogP contribution is -2.24. The SMILES string of the molecule is CNC(=O)Nc1cccc(CC#N)c1. The Morgan fingerprint density at radius 1 is 1.57 bits per heavy atom. The Morgan fingerprint density at radius 3 is 3.00 bits per heavy atom. The van der Waals surface area contributed by atoms with E-state index in [2.05, 4.69) is 16.7 Å². The molecule has 4 nitrogen and oxygen atoms in total. The van der Waals surface area contributed by atoms with Gasteiger partial charge in [-0.05, 0) is 17.7 Å². The molecule has 0 heterocycles. The van der Waals surface area contributed by atoms with Crippen LogP contribution in [0.5, 0.6) is 0 Å². The Hall–Kier alpha value is -2.02. The van der Waals surface area contributed by atoms with E-state index in [0.717, 1.165) is 5.56 Å². The smallest absolute Gasteiger partial charge is 0.318 e. The lowest BCUT2D eigenvalue weighted by molar-refractivity contribution is 0.254. The zero-order chi connectivity index (χ0) is 10.4. The summed E-state index contributed by atoms with van der Waals surface area (Å²) in [6.07, 6.45) is 0.350. The first-order chi connectivity index (χ1) is 6.76. The second-order valence-electron chi connectivity index (χ2n) is 2.74. The predicted molar refractivity (Wildman–Crippen MR) is 53.8 cm³/mol. The van der Waals surface area contributed by atoms with E-state index in [1.807, 2.05) is 6.07 Å². The van der Waals surface area contributed by atoms with Crippen molar-refractivity contribution < 1.29 is 4.79 Å². The normalized spacial score (nSPS) is 8.86. The molecular formula is C10H11N3O. The molecule has 0 spiro atoms. The van der Waals surface area contributed by atoms with E-state index in [-0.39, 0.29) is 6.03 Å². The van der Waals surface area contributed by atoms with Crippen molar-refractivity contribution >= 4 is 11.7 Å². The van der Waals surface area contributed by atoms with Gasteiger partial charge in [0, 0.05) is 12.7 Å². The molecule has 0 aromatic heterocycles. The predicted octanol–water partition coefficient (Wildman–Crippen LogP) is 1.50. The highest BCUT2D eigenvalue weighted by atomic mass is 16.2. The average Bonchev–Trinajstić information content (AvgIpc) is 2.19. The highest BCUT2D eigenvalue weighted by molar-refractivity contribution is 5.89. The number of carbonyl (C=O) groups is 1. The van der Waals surface area contributed by atoms with Crippen LogP contribution in [0.2, 0.25) is 0 Å². The fraction of sp³-hybridized carbons (Fsp3) is 0.200. The van der Waals surface area contributed by atoms with Crippen molar-refractivity contribution in [1.82, 2.24) is 5.32 Å². The highest BCUT2D eigenvalue weighted by Crippen LogP contribution is 2.10. The molecule has 0 unspecified atom stereocenters. The van der Waals surface area contributed by atoms with E-state index < -0.39 is 0 Å². The van der Waals surface area contributed by atoms with Gasteiger partial charge in [-0.25, -0.2) is 4.79 Å². The number of nitriles is 1. The van der Waals surface area contributed by atoms with Gasteiger partial charge in [0.1, 0.15) is 0 Å². The van der Waals surface area contributed by atoms with E-state index in [1.54, 1.807) is 25.2 Å². The molecular weight excluding hydrogens is 178 g/mol. The van der Waals surface area contributed by atoms with Crippen LogP contribution in [0.1, 0.15) is 5.56 Å². The molecule has 0 aliphatic heterocycles. The van der Waals surface area contributed by atoms with Crippen LogP contribution in [-0.2, 0) is 6.42 Å². The van der Waals surface area contributed by atoms with Crippen LogP contribution in [0.15, 0.2) is 24.3 Å².